The minimum absolute atomic E-state index is 0.0936. The van der Waals surface area contributed by atoms with E-state index in [-0.39, 0.29) is 12.1 Å². The van der Waals surface area contributed by atoms with Gasteiger partial charge in [-0.1, -0.05) is 18.2 Å². The predicted octanol–water partition coefficient (Wildman–Crippen LogP) is 3.83. The highest BCUT2D eigenvalue weighted by Crippen LogP contribution is 2.21. The zero-order valence-corrected chi connectivity index (χ0v) is 12.3. The largest absolute Gasteiger partial charge is 0.490 e. The van der Waals surface area contributed by atoms with Gasteiger partial charge in [0.25, 0.3) is 0 Å². The van der Waals surface area contributed by atoms with Crippen molar-refractivity contribution >= 4 is 12.0 Å². The van der Waals surface area contributed by atoms with Crippen LogP contribution in [0.5, 0.6) is 5.75 Å². The molecule has 0 radical (unpaired) electrons. The van der Waals surface area contributed by atoms with Gasteiger partial charge in [0.1, 0.15) is 11.4 Å². The van der Waals surface area contributed by atoms with Gasteiger partial charge < -0.3 is 9.47 Å². The van der Waals surface area contributed by atoms with E-state index in [1.807, 2.05) is 58.9 Å². The smallest absolute Gasteiger partial charge is 0.331 e. The number of carbonyl (C=O) groups is 1. The summed E-state index contributed by atoms with van der Waals surface area (Å²) in [6.45, 7) is 9.46. The summed E-state index contributed by atoms with van der Waals surface area (Å²) in [7, 11) is 0. The van der Waals surface area contributed by atoms with Crippen molar-refractivity contribution in [3.8, 4) is 5.75 Å². The van der Waals surface area contributed by atoms with E-state index >= 15 is 0 Å². The molecule has 0 bridgehead atoms. The van der Waals surface area contributed by atoms with Crippen molar-refractivity contribution in [3.63, 3.8) is 0 Å². The van der Waals surface area contributed by atoms with Crippen LogP contribution in [0.1, 0.15) is 40.2 Å². The molecule has 0 spiro atoms. The van der Waals surface area contributed by atoms with Crippen LogP contribution in [0.2, 0.25) is 0 Å². The Hall–Kier alpha value is -1.77. The fraction of sp³-hybridized carbons (Fsp3) is 0.438. The molecule has 0 heterocycles. The zero-order valence-electron chi connectivity index (χ0n) is 12.3. The van der Waals surface area contributed by atoms with Crippen LogP contribution in [0.25, 0.3) is 6.08 Å². The number of para-hydroxylation sites is 1. The summed E-state index contributed by atoms with van der Waals surface area (Å²) in [4.78, 5) is 11.6. The predicted molar refractivity (Wildman–Crippen MR) is 77.1 cm³/mol. The van der Waals surface area contributed by atoms with Crippen LogP contribution in [-0.4, -0.2) is 17.7 Å². The summed E-state index contributed by atoms with van der Waals surface area (Å²) in [6.07, 6.45) is 3.23. The van der Waals surface area contributed by atoms with E-state index in [1.165, 1.54) is 6.08 Å². The molecule has 0 aliphatic rings. The molecule has 0 saturated heterocycles. The van der Waals surface area contributed by atoms with Gasteiger partial charge in [-0.2, -0.15) is 0 Å². The quantitative estimate of drug-likeness (QED) is 0.611. The third-order valence-corrected chi connectivity index (χ3v) is 2.09. The van der Waals surface area contributed by atoms with Crippen molar-refractivity contribution in [1.29, 1.82) is 0 Å². The summed E-state index contributed by atoms with van der Waals surface area (Å²) in [5, 5.41) is 0. The second kappa shape index (κ2) is 6.41. The van der Waals surface area contributed by atoms with Gasteiger partial charge in [0.2, 0.25) is 0 Å². The van der Waals surface area contributed by atoms with Crippen molar-refractivity contribution in [3.05, 3.63) is 35.9 Å². The summed E-state index contributed by atoms with van der Waals surface area (Å²) < 4.78 is 10.9. The van der Waals surface area contributed by atoms with Gasteiger partial charge in [0, 0.05) is 11.6 Å². The maximum absolute atomic E-state index is 11.6. The lowest BCUT2D eigenvalue weighted by molar-refractivity contribution is -0.148. The van der Waals surface area contributed by atoms with Crippen molar-refractivity contribution < 1.29 is 14.3 Å². The lowest BCUT2D eigenvalue weighted by Gasteiger charge is -2.18. The topological polar surface area (TPSA) is 35.5 Å². The Labute approximate surface area is 115 Å². The first-order valence-corrected chi connectivity index (χ1v) is 6.44. The highest BCUT2D eigenvalue weighted by Gasteiger charge is 2.14. The minimum atomic E-state index is -0.477. The Morgan fingerprint density at radius 3 is 2.42 bits per heavy atom. The van der Waals surface area contributed by atoms with Gasteiger partial charge in [-0.15, -0.1) is 0 Å². The van der Waals surface area contributed by atoms with Crippen LogP contribution in [0.4, 0.5) is 0 Å². The molecule has 19 heavy (non-hydrogen) atoms. The summed E-state index contributed by atoms with van der Waals surface area (Å²) >= 11 is 0. The van der Waals surface area contributed by atoms with Crippen LogP contribution in [-0.2, 0) is 9.53 Å². The molecule has 0 aliphatic carbocycles. The molecule has 3 nitrogen and oxygen atoms in total. The lowest BCUT2D eigenvalue weighted by Crippen LogP contribution is -2.22. The second-order valence-electron chi connectivity index (χ2n) is 5.57. The molecule has 0 amide bonds. The number of ether oxygens (including phenoxy) is 2. The summed E-state index contributed by atoms with van der Waals surface area (Å²) in [5.41, 5.74) is 0.386. The molecule has 1 aromatic rings. The number of carbonyl (C=O) groups excluding carboxylic acids is 1. The second-order valence-corrected chi connectivity index (χ2v) is 5.57. The Bertz CT molecular complexity index is 453. The van der Waals surface area contributed by atoms with Gasteiger partial charge in [-0.3, -0.25) is 0 Å². The molecule has 0 unspecified atom stereocenters. The Morgan fingerprint density at radius 2 is 1.84 bits per heavy atom. The van der Waals surface area contributed by atoms with E-state index in [0.717, 1.165) is 11.3 Å². The number of rotatable bonds is 4. The van der Waals surface area contributed by atoms with E-state index in [1.54, 1.807) is 6.08 Å². The van der Waals surface area contributed by atoms with Crippen molar-refractivity contribution in [2.24, 2.45) is 0 Å². The maximum Gasteiger partial charge on any atom is 0.331 e. The number of hydrogen-bond acceptors (Lipinski definition) is 3. The van der Waals surface area contributed by atoms with Crippen LogP contribution in [0, 0.1) is 0 Å². The van der Waals surface area contributed by atoms with Crippen molar-refractivity contribution in [2.75, 3.05) is 0 Å². The van der Waals surface area contributed by atoms with Crippen LogP contribution in [0.3, 0.4) is 0 Å². The molecule has 0 aromatic heterocycles. The third-order valence-electron chi connectivity index (χ3n) is 2.09. The van der Waals surface area contributed by atoms with Gasteiger partial charge in [0.05, 0.1) is 6.10 Å². The fourth-order valence-corrected chi connectivity index (χ4v) is 1.47. The van der Waals surface area contributed by atoms with E-state index in [0.29, 0.717) is 0 Å². The first-order chi connectivity index (χ1) is 8.78. The summed E-state index contributed by atoms with van der Waals surface area (Å²) in [5.74, 6) is 0.407. The fourth-order valence-electron chi connectivity index (χ4n) is 1.47. The number of benzene rings is 1. The average Bonchev–Trinajstić information content (AvgIpc) is 2.24. The van der Waals surface area contributed by atoms with Gasteiger partial charge in [-0.25, -0.2) is 4.79 Å². The molecule has 0 aliphatic heterocycles. The minimum Gasteiger partial charge on any atom is -0.490 e. The van der Waals surface area contributed by atoms with E-state index in [9.17, 15) is 4.79 Å². The number of hydrogen-bond donors (Lipinski definition) is 0. The monoisotopic (exact) mass is 262 g/mol. The SMILES string of the molecule is CC(C)Oc1ccccc1/C=C/C(=O)OC(C)(C)C. The van der Waals surface area contributed by atoms with E-state index in [2.05, 4.69) is 0 Å². The molecular formula is C16H22O3. The first kappa shape index (κ1) is 15.3. The molecule has 104 valence electrons. The Morgan fingerprint density at radius 1 is 1.21 bits per heavy atom. The van der Waals surface area contributed by atoms with E-state index in [4.69, 9.17) is 9.47 Å². The maximum atomic E-state index is 11.6. The molecule has 0 fully saturated rings. The first-order valence-electron chi connectivity index (χ1n) is 6.44. The molecular weight excluding hydrogens is 240 g/mol. The Kier molecular flexibility index (Phi) is 5.16. The van der Waals surface area contributed by atoms with Crippen LogP contribution < -0.4 is 4.74 Å². The molecule has 0 atom stereocenters. The number of esters is 1. The lowest BCUT2D eigenvalue weighted by atomic mass is 10.1. The normalized spacial score (nSPS) is 11.9. The van der Waals surface area contributed by atoms with Crippen molar-refractivity contribution in [2.45, 2.75) is 46.3 Å². The zero-order chi connectivity index (χ0) is 14.5. The highest BCUT2D eigenvalue weighted by atomic mass is 16.6. The van der Waals surface area contributed by atoms with Crippen LogP contribution in [0.15, 0.2) is 30.3 Å². The van der Waals surface area contributed by atoms with Crippen LogP contribution >= 0.6 is 0 Å². The molecule has 3 heteroatoms. The van der Waals surface area contributed by atoms with Gasteiger partial charge in [0.15, 0.2) is 0 Å². The van der Waals surface area contributed by atoms with Gasteiger partial charge >= 0.3 is 5.97 Å². The van der Waals surface area contributed by atoms with E-state index < -0.39 is 5.60 Å². The highest BCUT2D eigenvalue weighted by molar-refractivity contribution is 5.87. The molecule has 1 rings (SSSR count). The molecule has 1 aromatic carbocycles. The standard InChI is InChI=1S/C16H22O3/c1-12(2)18-14-9-7-6-8-13(14)10-11-15(17)19-16(3,4)5/h6-12H,1-5H3/b11-10+. The third kappa shape index (κ3) is 6.09. The average molecular weight is 262 g/mol. The summed E-state index contributed by atoms with van der Waals surface area (Å²) in [6, 6.07) is 7.60. The van der Waals surface area contributed by atoms with Gasteiger partial charge in [-0.05, 0) is 46.8 Å². The Balaban J connectivity index is 2.79. The molecule has 0 N–H and O–H groups in total. The van der Waals surface area contributed by atoms with Crippen molar-refractivity contribution in [1.82, 2.24) is 0 Å². The molecule has 0 saturated carbocycles.